The van der Waals surface area contributed by atoms with E-state index in [4.69, 9.17) is 0 Å². The van der Waals surface area contributed by atoms with Crippen LogP contribution in [0.25, 0.3) is 5.32 Å². The molecule has 0 spiro atoms. The molecule has 0 amide bonds. The van der Waals surface area contributed by atoms with E-state index >= 15 is 0 Å². The number of hydrogen-bond donors (Lipinski definition) is 0. The molecule has 0 aliphatic rings. The summed E-state index contributed by atoms with van der Waals surface area (Å²) >= 11 is 0. The Balaban J connectivity index is 0. The van der Waals surface area contributed by atoms with Gasteiger partial charge in [-0.05, 0) is 12.0 Å². The van der Waals surface area contributed by atoms with Crippen molar-refractivity contribution >= 4 is 0 Å². The molecule has 0 saturated carbocycles. The zero-order valence-corrected chi connectivity index (χ0v) is 9.16. The van der Waals surface area contributed by atoms with Crippen LogP contribution in [-0.4, -0.2) is 13.1 Å². The molecule has 1 aromatic carbocycles. The molecule has 0 fully saturated rings. The van der Waals surface area contributed by atoms with Gasteiger partial charge in [-0.2, -0.15) is 0 Å². The fraction of sp³-hybridized carbons (Fsp3) is 0.273. The number of rotatable bonds is 5. The third kappa shape index (κ3) is 7.51. The van der Waals surface area contributed by atoms with Crippen LogP contribution in [0, 0.1) is 6.08 Å². The molecule has 0 aliphatic carbocycles. The molecule has 0 aliphatic heterocycles. The van der Waals surface area contributed by atoms with Crippen LogP contribution in [0.15, 0.2) is 36.9 Å². The average molecular weight is 173 g/mol. The normalized spacial score (nSPS) is 8.29. The molecular weight excluding hydrogens is 160 g/mol. The van der Waals surface area contributed by atoms with Crippen LogP contribution < -0.4 is 37.7 Å². The molecule has 0 bridgehead atoms. The van der Waals surface area contributed by atoms with E-state index in [-0.39, 0.29) is 37.7 Å². The molecule has 0 unspecified atom stereocenters. The minimum Gasteiger partial charge on any atom is -0.687 e. The van der Waals surface area contributed by atoms with Gasteiger partial charge in [-0.3, -0.25) is 13.1 Å². The maximum Gasteiger partial charge on any atom is 1.00 e. The first-order valence-corrected chi connectivity index (χ1v) is 4.10. The average Bonchev–Trinajstić information content (AvgIpc) is 2.14. The first kappa shape index (κ1) is 16.5. The largest absolute Gasteiger partial charge is 1.00 e. The van der Waals surface area contributed by atoms with Gasteiger partial charge in [0.15, 0.2) is 0 Å². The summed E-state index contributed by atoms with van der Waals surface area (Å²) in [5.41, 5.74) is 1.34. The molecule has 0 atom stereocenters. The molecule has 0 N–H and O–H groups in total. The van der Waals surface area contributed by atoms with Crippen molar-refractivity contribution in [3.63, 3.8) is 0 Å². The Morgan fingerprint density at radius 2 is 1.79 bits per heavy atom. The van der Waals surface area contributed by atoms with Crippen LogP contribution in [0.3, 0.4) is 0 Å². The van der Waals surface area contributed by atoms with Gasteiger partial charge in [0.05, 0.1) is 0 Å². The molecule has 14 heavy (non-hydrogen) atoms. The summed E-state index contributed by atoms with van der Waals surface area (Å²) in [5, 5.41) is 4.21. The van der Waals surface area contributed by atoms with Crippen LogP contribution in [0.2, 0.25) is 0 Å². The molecule has 1 rings (SSSR count). The summed E-state index contributed by atoms with van der Waals surface area (Å²) in [5.74, 6) is 0. The third-order valence-electron chi connectivity index (χ3n) is 1.63. The smallest absolute Gasteiger partial charge is 0.687 e. The standard InChI is InChI=1S/C11H13N.2Li/c1-2-9-12-10-8-11-6-4-3-5-7-11;;/h3-7H,1,8-10H2;;/q-2;2*+1. The molecule has 0 aromatic heterocycles. The van der Waals surface area contributed by atoms with Crippen molar-refractivity contribution in [3.8, 4) is 0 Å². The Morgan fingerprint density at radius 3 is 2.36 bits per heavy atom. The van der Waals surface area contributed by atoms with E-state index in [9.17, 15) is 0 Å². The maximum atomic E-state index is 4.21. The SMILES string of the molecule is C=[C-]C[N-]CCc1ccccc1.[Li+].[Li+]. The maximum absolute atomic E-state index is 4.21. The number of hydrogen-bond acceptors (Lipinski definition) is 0. The van der Waals surface area contributed by atoms with E-state index in [2.05, 4.69) is 42.2 Å². The molecule has 1 nitrogen and oxygen atoms in total. The summed E-state index contributed by atoms with van der Waals surface area (Å²) in [6, 6.07) is 10.4. The second-order valence-electron chi connectivity index (χ2n) is 2.59. The summed E-state index contributed by atoms with van der Waals surface area (Å²) in [4.78, 5) is 0. The second-order valence-corrected chi connectivity index (χ2v) is 2.59. The topological polar surface area (TPSA) is 14.1 Å². The number of benzene rings is 1. The van der Waals surface area contributed by atoms with Gasteiger partial charge >= 0.3 is 37.7 Å². The van der Waals surface area contributed by atoms with Crippen LogP contribution >= 0.6 is 0 Å². The Labute approximate surface area is 111 Å². The Kier molecular flexibility index (Phi) is 13.2. The van der Waals surface area contributed by atoms with Crippen molar-refractivity contribution < 1.29 is 37.7 Å². The predicted octanol–water partition coefficient (Wildman–Crippen LogP) is -3.40. The van der Waals surface area contributed by atoms with Crippen molar-refractivity contribution in [2.75, 3.05) is 13.1 Å². The fourth-order valence-electron chi connectivity index (χ4n) is 1.01. The van der Waals surface area contributed by atoms with Crippen molar-refractivity contribution in [2.45, 2.75) is 6.42 Å². The van der Waals surface area contributed by atoms with Crippen LogP contribution in [0.1, 0.15) is 5.56 Å². The van der Waals surface area contributed by atoms with E-state index in [0.717, 1.165) is 13.0 Å². The van der Waals surface area contributed by atoms with Crippen LogP contribution in [-0.2, 0) is 6.42 Å². The van der Waals surface area contributed by atoms with E-state index in [0.29, 0.717) is 6.54 Å². The van der Waals surface area contributed by atoms with Gasteiger partial charge < -0.3 is 11.4 Å². The molecule has 0 radical (unpaired) electrons. The van der Waals surface area contributed by atoms with Gasteiger partial charge in [0.25, 0.3) is 0 Å². The molecule has 1 aromatic rings. The fourth-order valence-corrected chi connectivity index (χ4v) is 1.01. The van der Waals surface area contributed by atoms with Gasteiger partial charge in [-0.25, -0.2) is 0 Å². The van der Waals surface area contributed by atoms with Gasteiger partial charge in [-0.1, -0.05) is 30.3 Å². The summed E-state index contributed by atoms with van der Waals surface area (Å²) in [6.45, 7) is 5.00. The van der Waals surface area contributed by atoms with E-state index in [1.165, 1.54) is 5.56 Å². The molecule has 0 saturated heterocycles. The minimum absolute atomic E-state index is 0. The Bertz CT molecular complexity index is 224. The molecule has 0 heterocycles. The van der Waals surface area contributed by atoms with Crippen molar-refractivity contribution in [1.82, 2.24) is 0 Å². The zero-order valence-electron chi connectivity index (χ0n) is 9.16. The summed E-state index contributed by atoms with van der Waals surface area (Å²) in [7, 11) is 0. The zero-order chi connectivity index (χ0) is 8.65. The van der Waals surface area contributed by atoms with Gasteiger partial charge in [0, 0.05) is 0 Å². The minimum atomic E-state index is 0. The third-order valence-corrected chi connectivity index (χ3v) is 1.63. The monoisotopic (exact) mass is 173 g/mol. The molecular formula is C11H13Li2N. The van der Waals surface area contributed by atoms with Crippen molar-refractivity contribution in [1.29, 1.82) is 0 Å². The Morgan fingerprint density at radius 1 is 1.14 bits per heavy atom. The molecule has 3 heteroatoms. The Hall–Kier alpha value is 0.115. The van der Waals surface area contributed by atoms with Crippen LogP contribution in [0.5, 0.6) is 0 Å². The predicted molar refractivity (Wildman–Crippen MR) is 52.1 cm³/mol. The van der Waals surface area contributed by atoms with Gasteiger partial charge in [-0.15, -0.1) is 6.54 Å². The quantitative estimate of drug-likeness (QED) is 0.250. The summed E-state index contributed by atoms with van der Waals surface area (Å²) < 4.78 is 0. The first-order chi connectivity index (χ1) is 5.93. The van der Waals surface area contributed by atoms with Crippen LogP contribution in [0.4, 0.5) is 0 Å². The second kappa shape index (κ2) is 11.2. The van der Waals surface area contributed by atoms with Gasteiger partial charge in [0.2, 0.25) is 0 Å². The summed E-state index contributed by atoms with van der Waals surface area (Å²) in [6.07, 6.45) is 3.75. The molecule has 64 valence electrons. The van der Waals surface area contributed by atoms with Crippen molar-refractivity contribution in [3.05, 3.63) is 53.9 Å². The van der Waals surface area contributed by atoms with E-state index in [1.807, 2.05) is 6.07 Å². The van der Waals surface area contributed by atoms with Crippen molar-refractivity contribution in [2.24, 2.45) is 0 Å². The van der Waals surface area contributed by atoms with E-state index in [1.54, 1.807) is 0 Å². The van der Waals surface area contributed by atoms with Gasteiger partial charge in [0.1, 0.15) is 0 Å². The number of nitrogens with zero attached hydrogens (tertiary/aromatic N) is 1. The first-order valence-electron chi connectivity index (χ1n) is 4.10. The van der Waals surface area contributed by atoms with E-state index < -0.39 is 0 Å².